The highest BCUT2D eigenvalue weighted by molar-refractivity contribution is 5.34. The van der Waals surface area contributed by atoms with E-state index in [2.05, 4.69) is 38.9 Å². The van der Waals surface area contributed by atoms with Gasteiger partial charge in [-0.25, -0.2) is 9.37 Å². The Morgan fingerprint density at radius 3 is 2.96 bits per heavy atom. The van der Waals surface area contributed by atoms with Gasteiger partial charge in [0.05, 0.1) is 17.6 Å². The summed E-state index contributed by atoms with van der Waals surface area (Å²) in [5.74, 6) is 1.04. The normalized spacial score (nSPS) is 23.7. The lowest BCUT2D eigenvalue weighted by Gasteiger charge is -2.38. The Labute approximate surface area is 159 Å². The molecule has 7 heteroatoms. The summed E-state index contributed by atoms with van der Waals surface area (Å²) >= 11 is 0. The number of imidazole rings is 1. The molecular weight excluding hydrogens is 343 g/mol. The third-order valence-electron chi connectivity index (χ3n) is 5.31. The third-order valence-corrected chi connectivity index (χ3v) is 5.31. The zero-order valence-corrected chi connectivity index (χ0v) is 16.1. The molecule has 0 radical (unpaired) electrons. The zero-order valence-electron chi connectivity index (χ0n) is 16.1. The van der Waals surface area contributed by atoms with Gasteiger partial charge in [-0.05, 0) is 24.6 Å². The molecule has 0 saturated heterocycles. The first kappa shape index (κ1) is 17.7. The van der Waals surface area contributed by atoms with Crippen molar-refractivity contribution in [3.05, 3.63) is 52.8 Å². The van der Waals surface area contributed by atoms with Gasteiger partial charge in [0.25, 0.3) is 0 Å². The van der Waals surface area contributed by atoms with Crippen molar-refractivity contribution in [3.63, 3.8) is 0 Å². The van der Waals surface area contributed by atoms with Gasteiger partial charge in [-0.1, -0.05) is 13.0 Å². The molecule has 6 nitrogen and oxygen atoms in total. The fourth-order valence-electron chi connectivity index (χ4n) is 3.93. The van der Waals surface area contributed by atoms with Crippen LogP contribution < -0.4 is 16.0 Å². The van der Waals surface area contributed by atoms with E-state index in [1.807, 2.05) is 25.5 Å². The fourth-order valence-corrected chi connectivity index (χ4v) is 3.93. The molecule has 0 aromatic carbocycles. The molecule has 2 unspecified atom stereocenters. The monoisotopic (exact) mass is 370 g/mol. The van der Waals surface area contributed by atoms with Crippen molar-refractivity contribution in [2.45, 2.75) is 38.9 Å². The zero-order chi connectivity index (χ0) is 19.0. The van der Waals surface area contributed by atoms with Crippen molar-refractivity contribution in [2.24, 2.45) is 0 Å². The maximum absolute atomic E-state index is 14.2. The Balaban J connectivity index is 1.66. The SMILES string of the molecule is CCCn1c(CN2C=CN(C)C2C2=CC=CC(F)N2C)nc2c1=CCNC=2. The quantitative estimate of drug-likeness (QED) is 0.771. The highest BCUT2D eigenvalue weighted by atomic mass is 19.1. The summed E-state index contributed by atoms with van der Waals surface area (Å²) in [7, 11) is 3.83. The molecule has 27 heavy (non-hydrogen) atoms. The smallest absolute Gasteiger partial charge is 0.191 e. The fraction of sp³-hybridized carbons (Fsp3) is 0.450. The number of likely N-dealkylation sites (N-methyl/N-ethyl adjacent to an activating group) is 2. The van der Waals surface area contributed by atoms with Gasteiger partial charge in [0.2, 0.25) is 0 Å². The summed E-state index contributed by atoms with van der Waals surface area (Å²) in [5.41, 5.74) is 0.940. The Bertz CT molecular complexity index is 912. The average Bonchev–Trinajstić information content (AvgIpc) is 3.19. The van der Waals surface area contributed by atoms with Gasteiger partial charge in [-0.15, -0.1) is 0 Å². The number of aromatic nitrogens is 2. The summed E-state index contributed by atoms with van der Waals surface area (Å²) in [4.78, 5) is 10.9. The van der Waals surface area contributed by atoms with E-state index in [1.165, 1.54) is 5.35 Å². The molecule has 1 aromatic rings. The van der Waals surface area contributed by atoms with Gasteiger partial charge in [0.15, 0.2) is 6.30 Å². The first-order valence-electron chi connectivity index (χ1n) is 9.50. The van der Waals surface area contributed by atoms with Crippen LogP contribution in [0.2, 0.25) is 0 Å². The van der Waals surface area contributed by atoms with E-state index >= 15 is 0 Å². The topological polar surface area (TPSA) is 39.6 Å². The van der Waals surface area contributed by atoms with Gasteiger partial charge in [0.1, 0.15) is 17.3 Å². The minimum atomic E-state index is -1.09. The molecule has 0 fully saturated rings. The number of allylic oxidation sites excluding steroid dienone is 2. The number of rotatable bonds is 5. The second-order valence-corrected chi connectivity index (χ2v) is 7.18. The molecule has 2 atom stereocenters. The number of hydrogen-bond donors (Lipinski definition) is 1. The van der Waals surface area contributed by atoms with Gasteiger partial charge in [-0.2, -0.15) is 0 Å². The minimum absolute atomic E-state index is 0.0481. The Hall–Kier alpha value is -2.70. The van der Waals surface area contributed by atoms with Crippen molar-refractivity contribution in [1.29, 1.82) is 0 Å². The van der Waals surface area contributed by atoms with E-state index in [0.717, 1.165) is 36.4 Å². The molecule has 3 aliphatic rings. The summed E-state index contributed by atoms with van der Waals surface area (Å²) < 4.78 is 16.5. The molecule has 4 rings (SSSR count). The predicted molar refractivity (Wildman–Crippen MR) is 105 cm³/mol. The number of halogens is 1. The molecule has 4 heterocycles. The van der Waals surface area contributed by atoms with E-state index in [9.17, 15) is 4.39 Å². The van der Waals surface area contributed by atoms with Crippen LogP contribution in [-0.4, -0.2) is 57.4 Å². The van der Waals surface area contributed by atoms with Crippen molar-refractivity contribution in [3.8, 4) is 0 Å². The van der Waals surface area contributed by atoms with E-state index < -0.39 is 6.30 Å². The van der Waals surface area contributed by atoms with Crippen LogP contribution in [0.5, 0.6) is 0 Å². The molecule has 144 valence electrons. The number of nitrogens with zero attached hydrogens (tertiary/aromatic N) is 5. The first-order chi connectivity index (χ1) is 13.1. The van der Waals surface area contributed by atoms with Crippen LogP contribution >= 0.6 is 0 Å². The minimum Gasteiger partial charge on any atom is -0.386 e. The van der Waals surface area contributed by atoms with E-state index in [4.69, 9.17) is 4.98 Å². The lowest BCUT2D eigenvalue weighted by atomic mass is 10.2. The van der Waals surface area contributed by atoms with Crippen LogP contribution in [0.3, 0.4) is 0 Å². The maximum atomic E-state index is 14.2. The molecule has 0 spiro atoms. The van der Waals surface area contributed by atoms with Crippen LogP contribution in [0.25, 0.3) is 12.3 Å². The Kier molecular flexibility index (Phi) is 4.68. The summed E-state index contributed by atoms with van der Waals surface area (Å²) in [6.45, 7) is 4.63. The van der Waals surface area contributed by atoms with Gasteiger partial charge < -0.3 is 24.6 Å². The van der Waals surface area contributed by atoms with Crippen LogP contribution in [0.15, 0.2) is 36.3 Å². The molecule has 1 aromatic heterocycles. The van der Waals surface area contributed by atoms with Crippen molar-refractivity contribution in [2.75, 3.05) is 20.6 Å². The second kappa shape index (κ2) is 7.13. The first-order valence-corrected chi connectivity index (χ1v) is 9.50. The number of hydrogen-bond acceptors (Lipinski definition) is 5. The molecule has 1 N–H and O–H groups in total. The summed E-state index contributed by atoms with van der Waals surface area (Å²) in [5, 5.41) is 5.43. The molecule has 0 aliphatic carbocycles. The van der Waals surface area contributed by atoms with Gasteiger partial charge in [0, 0.05) is 45.8 Å². The van der Waals surface area contributed by atoms with Crippen LogP contribution in [0, 0.1) is 0 Å². The van der Waals surface area contributed by atoms with E-state index in [-0.39, 0.29) is 6.17 Å². The lowest BCUT2D eigenvalue weighted by Crippen LogP contribution is -2.45. The molecule has 0 amide bonds. The Morgan fingerprint density at radius 1 is 1.30 bits per heavy atom. The van der Waals surface area contributed by atoms with Crippen molar-refractivity contribution >= 4 is 12.3 Å². The number of fused-ring (bicyclic) bond motifs is 1. The van der Waals surface area contributed by atoms with E-state index in [1.54, 1.807) is 24.1 Å². The highest BCUT2D eigenvalue weighted by Gasteiger charge is 2.33. The van der Waals surface area contributed by atoms with E-state index in [0.29, 0.717) is 6.54 Å². The summed E-state index contributed by atoms with van der Waals surface area (Å²) in [6, 6.07) is 0. The number of nitrogens with one attached hydrogen (secondary N) is 1. The predicted octanol–water partition coefficient (Wildman–Crippen LogP) is 0.641. The molecule has 0 bridgehead atoms. The average molecular weight is 370 g/mol. The second-order valence-electron chi connectivity index (χ2n) is 7.18. The maximum Gasteiger partial charge on any atom is 0.191 e. The highest BCUT2D eigenvalue weighted by Crippen LogP contribution is 2.28. The van der Waals surface area contributed by atoms with Crippen molar-refractivity contribution in [1.82, 2.24) is 29.6 Å². The third kappa shape index (κ3) is 3.11. The molecular formula is C20H27FN6. The summed E-state index contributed by atoms with van der Waals surface area (Å²) in [6.07, 6.45) is 13.6. The number of alkyl halides is 1. The van der Waals surface area contributed by atoms with Crippen LogP contribution in [0.1, 0.15) is 19.2 Å². The lowest BCUT2D eigenvalue weighted by molar-refractivity contribution is 0.116. The largest absolute Gasteiger partial charge is 0.386 e. The van der Waals surface area contributed by atoms with Crippen LogP contribution in [0.4, 0.5) is 4.39 Å². The Morgan fingerprint density at radius 2 is 2.15 bits per heavy atom. The standard InChI is InChI=1S/C20H27FN6/c1-4-10-27-16-8-9-22-13-15(16)23-19(27)14-26-12-11-24(2)20(26)17-6-5-7-18(21)25(17)3/h5-8,11-13,18,20,22H,4,9-10,14H2,1-3H3. The van der Waals surface area contributed by atoms with Crippen molar-refractivity contribution < 1.29 is 4.39 Å². The van der Waals surface area contributed by atoms with Gasteiger partial charge in [-0.3, -0.25) is 0 Å². The van der Waals surface area contributed by atoms with Gasteiger partial charge >= 0.3 is 0 Å². The molecule has 3 aliphatic heterocycles. The molecule has 0 saturated carbocycles. The van der Waals surface area contributed by atoms with Crippen LogP contribution in [-0.2, 0) is 13.1 Å².